The lowest BCUT2D eigenvalue weighted by molar-refractivity contribution is 0.156. The van der Waals surface area contributed by atoms with E-state index in [1.54, 1.807) is 16.7 Å². The van der Waals surface area contributed by atoms with Crippen molar-refractivity contribution in [2.75, 3.05) is 4.90 Å². The van der Waals surface area contributed by atoms with Gasteiger partial charge in [0.05, 0.1) is 0 Å². The maximum absolute atomic E-state index is 2.68. The zero-order valence-electron chi connectivity index (χ0n) is 25.4. The van der Waals surface area contributed by atoms with Crippen molar-refractivity contribution < 1.29 is 0 Å². The molecule has 0 bridgehead atoms. The fourth-order valence-electron chi connectivity index (χ4n) is 10.2. The molecule has 7 unspecified atom stereocenters. The summed E-state index contributed by atoms with van der Waals surface area (Å²) in [5.74, 6) is 3.80. The van der Waals surface area contributed by atoms with E-state index in [4.69, 9.17) is 0 Å². The molecule has 1 aromatic rings. The van der Waals surface area contributed by atoms with E-state index >= 15 is 0 Å². The fourth-order valence-corrected chi connectivity index (χ4v) is 10.2. The summed E-state index contributed by atoms with van der Waals surface area (Å²) in [4.78, 5) is 2.44. The Kier molecular flexibility index (Phi) is 6.29. The highest BCUT2D eigenvalue weighted by Crippen LogP contribution is 2.72. The lowest BCUT2D eigenvalue weighted by Crippen LogP contribution is -2.40. The highest BCUT2D eigenvalue weighted by atomic mass is 15.2. The first-order valence-electron chi connectivity index (χ1n) is 16.9. The van der Waals surface area contributed by atoms with Gasteiger partial charge in [-0.25, -0.2) is 0 Å². The molecule has 218 valence electrons. The molecule has 1 aromatic carbocycles. The zero-order valence-corrected chi connectivity index (χ0v) is 25.4. The van der Waals surface area contributed by atoms with E-state index < -0.39 is 0 Å². The second-order valence-electron chi connectivity index (χ2n) is 13.8. The maximum atomic E-state index is 2.68. The van der Waals surface area contributed by atoms with E-state index in [-0.39, 0.29) is 5.41 Å². The Morgan fingerprint density at radius 3 is 2.05 bits per heavy atom. The van der Waals surface area contributed by atoms with Crippen LogP contribution in [0, 0.1) is 46.8 Å². The van der Waals surface area contributed by atoms with E-state index in [0.717, 1.165) is 19.3 Å². The molecule has 0 N–H and O–H groups in total. The van der Waals surface area contributed by atoms with Crippen LogP contribution in [0.15, 0.2) is 174 Å². The van der Waals surface area contributed by atoms with Gasteiger partial charge in [-0.1, -0.05) is 133 Å². The standard InChI is InChI=1S/C43H41N/c1-3-13-32(14-4-1)44(33-15-5-2-6-16-33)34-26-23-30(24-27-34)31-25-28-42-38(29-31)37-19-9-12-22-41(37)43(42)39-20-10-7-17-35(39)36-18-8-11-21-40(36)43/h1,3-5,7-23,26-27,29-30,35-37,39-41H,2,6,24-25,28H2. The maximum Gasteiger partial charge on any atom is 0.0461 e. The van der Waals surface area contributed by atoms with E-state index in [1.165, 1.54) is 29.9 Å². The SMILES string of the molecule is C1=CC2C3=C(CCC(C4C=CC(N(C5=CCCC=C5)c5ccccc5)=CC4)=C3)C3(C2C=C1)C1C=CC=CC1C1C=CC=CC13. The summed E-state index contributed by atoms with van der Waals surface area (Å²) in [5, 5.41) is 0. The summed E-state index contributed by atoms with van der Waals surface area (Å²) in [5.41, 5.74) is 9.03. The minimum Gasteiger partial charge on any atom is -0.311 e. The molecule has 1 heteroatoms. The van der Waals surface area contributed by atoms with Crippen molar-refractivity contribution in [1.29, 1.82) is 0 Å². The van der Waals surface area contributed by atoms with Crippen molar-refractivity contribution in [2.45, 2.75) is 32.1 Å². The first-order valence-corrected chi connectivity index (χ1v) is 16.9. The Morgan fingerprint density at radius 1 is 0.636 bits per heavy atom. The van der Waals surface area contributed by atoms with Crippen LogP contribution in [0.2, 0.25) is 0 Å². The third-order valence-corrected chi connectivity index (χ3v) is 11.9. The normalized spacial score (nSPS) is 37.0. The van der Waals surface area contributed by atoms with Crippen molar-refractivity contribution in [3.63, 3.8) is 0 Å². The second-order valence-corrected chi connectivity index (χ2v) is 13.8. The average Bonchev–Trinajstić information content (AvgIpc) is 3.57. The van der Waals surface area contributed by atoms with Crippen molar-refractivity contribution in [3.8, 4) is 0 Å². The van der Waals surface area contributed by atoms with Crippen molar-refractivity contribution >= 4 is 5.69 Å². The van der Waals surface area contributed by atoms with Gasteiger partial charge in [-0.3, -0.25) is 0 Å². The summed E-state index contributed by atoms with van der Waals surface area (Å²) in [6, 6.07) is 10.9. The Bertz CT molecular complexity index is 1690. The van der Waals surface area contributed by atoms with Gasteiger partial charge in [-0.2, -0.15) is 0 Å². The molecule has 0 aromatic heterocycles. The summed E-state index contributed by atoms with van der Waals surface area (Å²) in [6.45, 7) is 0. The summed E-state index contributed by atoms with van der Waals surface area (Å²) >= 11 is 0. The van der Waals surface area contributed by atoms with Crippen molar-refractivity contribution in [1.82, 2.24) is 0 Å². The van der Waals surface area contributed by atoms with Gasteiger partial charge in [0, 0.05) is 34.3 Å². The number of nitrogens with zero attached hydrogens (tertiary/aromatic N) is 1. The quantitative estimate of drug-likeness (QED) is 0.347. The van der Waals surface area contributed by atoms with Crippen LogP contribution in [0.3, 0.4) is 0 Å². The average molecular weight is 572 g/mol. The van der Waals surface area contributed by atoms with Crippen LogP contribution in [-0.4, -0.2) is 0 Å². The van der Waals surface area contributed by atoms with Gasteiger partial charge in [0.25, 0.3) is 0 Å². The number of hydrogen-bond acceptors (Lipinski definition) is 1. The van der Waals surface area contributed by atoms with Gasteiger partial charge in [-0.05, 0) is 91.6 Å². The first kappa shape index (κ1) is 26.3. The van der Waals surface area contributed by atoms with Crippen molar-refractivity contribution in [2.24, 2.45) is 46.8 Å². The van der Waals surface area contributed by atoms with Crippen LogP contribution < -0.4 is 4.90 Å². The number of para-hydroxylation sites is 1. The molecule has 1 saturated carbocycles. The van der Waals surface area contributed by atoms with Crippen LogP contribution >= 0.6 is 0 Å². The smallest absolute Gasteiger partial charge is 0.0461 e. The third-order valence-electron chi connectivity index (χ3n) is 11.9. The minimum absolute atomic E-state index is 0.175. The van der Waals surface area contributed by atoms with Gasteiger partial charge >= 0.3 is 0 Å². The van der Waals surface area contributed by atoms with Gasteiger partial charge in [0.1, 0.15) is 0 Å². The Morgan fingerprint density at radius 2 is 1.34 bits per heavy atom. The fraction of sp³-hybridized carbons (Fsp3) is 0.302. The predicted octanol–water partition coefficient (Wildman–Crippen LogP) is 10.3. The molecule has 0 heterocycles. The largest absolute Gasteiger partial charge is 0.311 e. The third kappa shape index (κ3) is 3.84. The topological polar surface area (TPSA) is 3.24 Å². The van der Waals surface area contributed by atoms with E-state index in [0.29, 0.717) is 41.4 Å². The number of fused-ring (bicyclic) bond motifs is 9. The molecule has 0 saturated heterocycles. The minimum atomic E-state index is 0.175. The van der Waals surface area contributed by atoms with E-state index in [2.05, 4.69) is 151 Å². The number of hydrogen-bond donors (Lipinski definition) is 0. The monoisotopic (exact) mass is 571 g/mol. The lowest BCUT2D eigenvalue weighted by atomic mass is 9.57. The predicted molar refractivity (Wildman–Crippen MR) is 183 cm³/mol. The van der Waals surface area contributed by atoms with E-state index in [9.17, 15) is 0 Å². The summed E-state index contributed by atoms with van der Waals surface area (Å²) in [6.07, 6.45) is 51.9. The molecule has 1 spiro atoms. The highest BCUT2D eigenvalue weighted by molar-refractivity contribution is 5.64. The summed E-state index contributed by atoms with van der Waals surface area (Å²) in [7, 11) is 0. The number of rotatable bonds is 4. The molecule has 9 rings (SSSR count). The van der Waals surface area contributed by atoms with Gasteiger partial charge in [0.15, 0.2) is 0 Å². The van der Waals surface area contributed by atoms with Gasteiger partial charge < -0.3 is 4.90 Å². The first-order chi connectivity index (χ1) is 21.8. The number of anilines is 1. The van der Waals surface area contributed by atoms with Crippen LogP contribution in [0.1, 0.15) is 32.1 Å². The molecule has 44 heavy (non-hydrogen) atoms. The molecular weight excluding hydrogens is 530 g/mol. The Hall–Kier alpha value is -4.10. The van der Waals surface area contributed by atoms with Gasteiger partial charge in [-0.15, -0.1) is 0 Å². The molecule has 0 amide bonds. The zero-order chi connectivity index (χ0) is 29.1. The molecule has 8 aliphatic rings. The lowest BCUT2D eigenvalue weighted by Gasteiger charge is -2.45. The molecule has 1 nitrogen and oxygen atoms in total. The van der Waals surface area contributed by atoms with Crippen molar-refractivity contribution in [3.05, 3.63) is 174 Å². The molecule has 1 fully saturated rings. The van der Waals surface area contributed by atoms with Crippen LogP contribution in [-0.2, 0) is 0 Å². The van der Waals surface area contributed by atoms with E-state index in [1.807, 2.05) is 0 Å². The van der Waals surface area contributed by atoms with Crippen LogP contribution in [0.4, 0.5) is 5.69 Å². The Balaban J connectivity index is 1.07. The second kappa shape index (κ2) is 10.5. The molecule has 8 aliphatic carbocycles. The highest BCUT2D eigenvalue weighted by Gasteiger charge is 2.66. The Labute approximate surface area is 262 Å². The van der Waals surface area contributed by atoms with Crippen LogP contribution in [0.5, 0.6) is 0 Å². The molecular formula is C43H41N. The van der Waals surface area contributed by atoms with Crippen LogP contribution in [0.25, 0.3) is 0 Å². The summed E-state index contributed by atoms with van der Waals surface area (Å²) < 4.78 is 0. The van der Waals surface area contributed by atoms with Gasteiger partial charge in [0.2, 0.25) is 0 Å². The number of benzene rings is 1. The molecule has 7 atom stereocenters. The molecule has 0 aliphatic heterocycles. The number of allylic oxidation sites excluding steroid dienone is 22. The molecule has 0 radical (unpaired) electrons.